The molecule has 2 aliphatic rings. The van der Waals surface area contributed by atoms with E-state index in [0.717, 1.165) is 12.0 Å². The number of fused-ring (bicyclic) bond motifs is 1. The molecule has 1 aromatic carbocycles. The van der Waals surface area contributed by atoms with E-state index in [0.29, 0.717) is 36.7 Å². The lowest BCUT2D eigenvalue weighted by atomic mass is 9.91. The van der Waals surface area contributed by atoms with Gasteiger partial charge in [0.25, 0.3) is 5.91 Å². The lowest BCUT2D eigenvalue weighted by molar-refractivity contribution is -0.127. The second kappa shape index (κ2) is 6.26. The average molecular weight is 329 g/mol. The molecule has 2 atom stereocenters. The fraction of sp³-hybridized carbons (Fsp3) is 0.500. The molecule has 0 saturated carbocycles. The van der Waals surface area contributed by atoms with E-state index < -0.39 is 0 Å². The van der Waals surface area contributed by atoms with Crippen molar-refractivity contribution in [2.45, 2.75) is 32.7 Å². The number of aryl methyl sites for hydroxylation is 1. The van der Waals surface area contributed by atoms with Gasteiger partial charge in [0.2, 0.25) is 11.8 Å². The predicted molar refractivity (Wildman–Crippen MR) is 90.7 cm³/mol. The van der Waals surface area contributed by atoms with Gasteiger partial charge in [-0.3, -0.25) is 14.4 Å². The highest BCUT2D eigenvalue weighted by Gasteiger charge is 2.42. The van der Waals surface area contributed by atoms with Crippen molar-refractivity contribution in [2.75, 3.05) is 25.5 Å². The van der Waals surface area contributed by atoms with Gasteiger partial charge >= 0.3 is 0 Å². The summed E-state index contributed by atoms with van der Waals surface area (Å²) in [4.78, 5) is 39.5. The number of amides is 3. The first kappa shape index (κ1) is 16.5. The van der Waals surface area contributed by atoms with Crippen LogP contribution in [0.4, 0.5) is 5.69 Å². The number of anilines is 1. The maximum Gasteiger partial charge on any atom is 0.254 e. The Balaban J connectivity index is 1.75. The summed E-state index contributed by atoms with van der Waals surface area (Å²) in [5, 5.41) is 2.72. The fourth-order valence-corrected chi connectivity index (χ4v) is 3.75. The first-order valence-electron chi connectivity index (χ1n) is 8.30. The van der Waals surface area contributed by atoms with Crippen LogP contribution in [0, 0.1) is 12.8 Å². The molecule has 24 heavy (non-hydrogen) atoms. The summed E-state index contributed by atoms with van der Waals surface area (Å²) in [5.41, 5.74) is 2.18. The van der Waals surface area contributed by atoms with Gasteiger partial charge in [0.05, 0.1) is 6.04 Å². The monoisotopic (exact) mass is 329 g/mol. The van der Waals surface area contributed by atoms with Crippen LogP contribution in [-0.2, 0) is 9.59 Å². The third-order valence-corrected chi connectivity index (χ3v) is 5.11. The van der Waals surface area contributed by atoms with Gasteiger partial charge < -0.3 is 15.1 Å². The van der Waals surface area contributed by atoms with Crippen molar-refractivity contribution in [3.05, 3.63) is 29.3 Å². The standard InChI is InChI=1S/C18H23N3O3/c1-11-8-14(19-12(2)22)4-5-15(11)18(24)21-7-6-13-9-17(23)20(3)16(13)10-21/h4-5,8,13,16H,6-7,9-10H2,1-3H3,(H,19,22)/t13-,16-/m1/s1. The van der Waals surface area contributed by atoms with Gasteiger partial charge in [0.15, 0.2) is 0 Å². The number of nitrogens with zero attached hydrogens (tertiary/aromatic N) is 2. The van der Waals surface area contributed by atoms with Crippen molar-refractivity contribution < 1.29 is 14.4 Å². The number of carbonyl (C=O) groups is 3. The van der Waals surface area contributed by atoms with Crippen molar-refractivity contribution in [1.82, 2.24) is 9.80 Å². The van der Waals surface area contributed by atoms with E-state index in [4.69, 9.17) is 0 Å². The minimum atomic E-state index is -0.135. The van der Waals surface area contributed by atoms with E-state index in [9.17, 15) is 14.4 Å². The maximum atomic E-state index is 12.9. The van der Waals surface area contributed by atoms with E-state index in [1.165, 1.54) is 6.92 Å². The topological polar surface area (TPSA) is 69.7 Å². The van der Waals surface area contributed by atoms with Gasteiger partial charge in [0.1, 0.15) is 0 Å². The van der Waals surface area contributed by atoms with Crippen LogP contribution in [-0.4, -0.2) is 53.7 Å². The minimum Gasteiger partial charge on any atom is -0.341 e. The van der Waals surface area contributed by atoms with Crippen molar-refractivity contribution in [3.8, 4) is 0 Å². The lowest BCUT2D eigenvalue weighted by Crippen LogP contribution is -2.49. The number of nitrogens with one attached hydrogen (secondary N) is 1. The Morgan fingerprint density at radius 2 is 2.04 bits per heavy atom. The number of piperidine rings is 1. The van der Waals surface area contributed by atoms with Crippen LogP contribution in [0.25, 0.3) is 0 Å². The summed E-state index contributed by atoms with van der Waals surface area (Å²) in [6, 6.07) is 5.46. The van der Waals surface area contributed by atoms with Crippen LogP contribution in [0.2, 0.25) is 0 Å². The third kappa shape index (κ3) is 3.00. The van der Waals surface area contributed by atoms with Gasteiger partial charge in [0, 0.05) is 44.7 Å². The van der Waals surface area contributed by atoms with Crippen LogP contribution >= 0.6 is 0 Å². The molecule has 0 aliphatic carbocycles. The Kier molecular flexibility index (Phi) is 4.30. The Bertz CT molecular complexity index is 701. The molecular formula is C18H23N3O3. The maximum absolute atomic E-state index is 12.9. The van der Waals surface area contributed by atoms with E-state index in [2.05, 4.69) is 5.32 Å². The summed E-state index contributed by atoms with van der Waals surface area (Å²) in [5.74, 6) is 0.405. The molecule has 128 valence electrons. The Hall–Kier alpha value is -2.37. The molecule has 1 aromatic rings. The summed E-state index contributed by atoms with van der Waals surface area (Å²) in [6.45, 7) is 4.61. The fourth-order valence-electron chi connectivity index (χ4n) is 3.75. The molecule has 0 spiro atoms. The normalized spacial score (nSPS) is 23.2. The van der Waals surface area contributed by atoms with Crippen LogP contribution in [0.3, 0.4) is 0 Å². The minimum absolute atomic E-state index is 0.00641. The summed E-state index contributed by atoms with van der Waals surface area (Å²) in [6.07, 6.45) is 1.48. The Morgan fingerprint density at radius 1 is 1.29 bits per heavy atom. The molecule has 1 N–H and O–H groups in total. The highest BCUT2D eigenvalue weighted by Crippen LogP contribution is 2.32. The largest absolute Gasteiger partial charge is 0.341 e. The van der Waals surface area contributed by atoms with Gasteiger partial charge in [-0.1, -0.05) is 0 Å². The zero-order chi connectivity index (χ0) is 17.4. The molecule has 3 rings (SSSR count). The van der Waals surface area contributed by atoms with Gasteiger partial charge in [-0.25, -0.2) is 0 Å². The molecule has 2 fully saturated rings. The van der Waals surface area contributed by atoms with Crippen LogP contribution in [0.15, 0.2) is 18.2 Å². The number of hydrogen-bond donors (Lipinski definition) is 1. The SMILES string of the molecule is CC(=O)Nc1ccc(C(=O)N2CC[C@@H]3CC(=O)N(C)[C@@H]3C2)c(C)c1. The van der Waals surface area contributed by atoms with Crippen LogP contribution in [0.1, 0.15) is 35.7 Å². The zero-order valence-corrected chi connectivity index (χ0v) is 14.3. The second-order valence-corrected chi connectivity index (χ2v) is 6.79. The summed E-state index contributed by atoms with van der Waals surface area (Å²) >= 11 is 0. The van der Waals surface area contributed by atoms with Crippen molar-refractivity contribution in [2.24, 2.45) is 5.92 Å². The molecule has 2 heterocycles. The average Bonchev–Trinajstić information content (AvgIpc) is 2.81. The molecular weight excluding hydrogens is 306 g/mol. The molecule has 0 radical (unpaired) electrons. The molecule has 6 heteroatoms. The first-order valence-corrected chi connectivity index (χ1v) is 8.30. The van der Waals surface area contributed by atoms with E-state index in [-0.39, 0.29) is 23.8 Å². The molecule has 2 saturated heterocycles. The molecule has 0 unspecified atom stereocenters. The Labute approximate surface area is 141 Å². The van der Waals surface area contributed by atoms with E-state index in [1.807, 2.05) is 24.9 Å². The molecule has 2 aliphatic heterocycles. The van der Waals surface area contributed by atoms with E-state index in [1.54, 1.807) is 17.0 Å². The van der Waals surface area contributed by atoms with Crippen molar-refractivity contribution in [1.29, 1.82) is 0 Å². The van der Waals surface area contributed by atoms with Crippen molar-refractivity contribution in [3.63, 3.8) is 0 Å². The first-order chi connectivity index (χ1) is 11.4. The number of likely N-dealkylation sites (tertiary alicyclic amines) is 2. The van der Waals surface area contributed by atoms with Crippen LogP contribution < -0.4 is 5.32 Å². The van der Waals surface area contributed by atoms with E-state index >= 15 is 0 Å². The van der Waals surface area contributed by atoms with Crippen LogP contribution in [0.5, 0.6) is 0 Å². The molecule has 0 aromatic heterocycles. The quantitative estimate of drug-likeness (QED) is 0.897. The molecule has 6 nitrogen and oxygen atoms in total. The lowest BCUT2D eigenvalue weighted by Gasteiger charge is -2.37. The van der Waals surface area contributed by atoms with Gasteiger partial charge in [-0.15, -0.1) is 0 Å². The number of benzene rings is 1. The number of likely N-dealkylation sites (N-methyl/N-ethyl adjacent to an activating group) is 1. The summed E-state index contributed by atoms with van der Waals surface area (Å²) in [7, 11) is 1.83. The predicted octanol–water partition coefficient (Wildman–Crippen LogP) is 1.65. The number of carbonyl (C=O) groups excluding carboxylic acids is 3. The Morgan fingerprint density at radius 3 is 2.71 bits per heavy atom. The van der Waals surface area contributed by atoms with Gasteiger partial charge in [-0.05, 0) is 43.0 Å². The molecule has 3 amide bonds. The third-order valence-electron chi connectivity index (χ3n) is 5.11. The second-order valence-electron chi connectivity index (χ2n) is 6.79. The number of hydrogen-bond acceptors (Lipinski definition) is 3. The number of rotatable bonds is 2. The highest BCUT2D eigenvalue weighted by molar-refractivity contribution is 5.97. The summed E-state index contributed by atoms with van der Waals surface area (Å²) < 4.78 is 0. The van der Waals surface area contributed by atoms with Gasteiger partial charge in [-0.2, -0.15) is 0 Å². The van der Waals surface area contributed by atoms with Crippen molar-refractivity contribution >= 4 is 23.4 Å². The molecule has 0 bridgehead atoms. The smallest absolute Gasteiger partial charge is 0.254 e. The zero-order valence-electron chi connectivity index (χ0n) is 14.3. The highest BCUT2D eigenvalue weighted by atomic mass is 16.2.